The van der Waals surface area contributed by atoms with Crippen molar-refractivity contribution in [2.75, 3.05) is 19.8 Å². The van der Waals surface area contributed by atoms with Gasteiger partial charge in [-0.15, -0.1) is 6.58 Å². The highest BCUT2D eigenvalue weighted by molar-refractivity contribution is 5.13. The second-order valence-corrected chi connectivity index (χ2v) is 5.47. The summed E-state index contributed by atoms with van der Waals surface area (Å²) in [6, 6.07) is 10.1. The summed E-state index contributed by atoms with van der Waals surface area (Å²) < 4.78 is 23.1. The van der Waals surface area contributed by atoms with Gasteiger partial charge in [-0.25, -0.2) is 0 Å². The summed E-state index contributed by atoms with van der Waals surface area (Å²) in [5.74, 6) is -0.644. The molecule has 0 saturated carbocycles. The summed E-state index contributed by atoms with van der Waals surface area (Å²) in [4.78, 5) is 0. The van der Waals surface area contributed by atoms with Crippen LogP contribution in [-0.4, -0.2) is 37.8 Å². The lowest BCUT2D eigenvalue weighted by Crippen LogP contribution is -2.38. The summed E-state index contributed by atoms with van der Waals surface area (Å²) in [7, 11) is 0. The Morgan fingerprint density at radius 1 is 1.23 bits per heavy atom. The Labute approximate surface area is 131 Å². The van der Waals surface area contributed by atoms with Crippen LogP contribution in [0.3, 0.4) is 0 Å². The van der Waals surface area contributed by atoms with Crippen molar-refractivity contribution in [2.24, 2.45) is 0 Å². The van der Waals surface area contributed by atoms with Crippen LogP contribution in [0.5, 0.6) is 0 Å². The molecule has 2 saturated heterocycles. The Kier molecular flexibility index (Phi) is 5.05. The van der Waals surface area contributed by atoms with Crippen molar-refractivity contribution in [3.8, 4) is 0 Å². The van der Waals surface area contributed by atoms with Gasteiger partial charge < -0.3 is 18.9 Å². The Bertz CT molecular complexity index is 505. The Morgan fingerprint density at radius 2 is 2.00 bits per heavy atom. The van der Waals surface area contributed by atoms with Gasteiger partial charge in [0.1, 0.15) is 6.10 Å². The third-order valence-electron chi connectivity index (χ3n) is 3.92. The molecule has 118 valence electrons. The standard InChI is InChI=1S/C18H22O4/c1-2-16-13-18(20-11-12-21-18)17(22-16)9-6-10-19-14-15-7-4-3-5-8-15/h2-9,16-17H,1,10-14H2/b9-6+/t16-,17+/m1/s1. The maximum atomic E-state index is 5.90. The largest absolute Gasteiger partial charge is 0.373 e. The van der Waals surface area contributed by atoms with Gasteiger partial charge in [0, 0.05) is 6.42 Å². The first-order valence-electron chi connectivity index (χ1n) is 7.67. The van der Waals surface area contributed by atoms with Gasteiger partial charge >= 0.3 is 0 Å². The molecule has 1 spiro atoms. The Hall–Kier alpha value is -1.46. The zero-order chi connectivity index (χ0) is 15.3. The van der Waals surface area contributed by atoms with Crippen molar-refractivity contribution < 1.29 is 18.9 Å². The van der Waals surface area contributed by atoms with Crippen molar-refractivity contribution in [3.63, 3.8) is 0 Å². The molecule has 2 heterocycles. The highest BCUT2D eigenvalue weighted by Crippen LogP contribution is 2.39. The first-order valence-corrected chi connectivity index (χ1v) is 7.67. The average molecular weight is 302 g/mol. The molecule has 2 atom stereocenters. The van der Waals surface area contributed by atoms with E-state index >= 15 is 0 Å². The molecule has 1 aromatic carbocycles. The topological polar surface area (TPSA) is 36.9 Å². The zero-order valence-electron chi connectivity index (χ0n) is 12.6. The van der Waals surface area contributed by atoms with E-state index in [0.29, 0.717) is 32.8 Å². The third kappa shape index (κ3) is 3.47. The van der Waals surface area contributed by atoms with Crippen LogP contribution < -0.4 is 0 Å². The van der Waals surface area contributed by atoms with Gasteiger partial charge in [-0.3, -0.25) is 0 Å². The second kappa shape index (κ2) is 7.20. The molecule has 4 heteroatoms. The molecule has 0 aliphatic carbocycles. The fourth-order valence-corrected chi connectivity index (χ4v) is 2.82. The molecule has 4 nitrogen and oxygen atoms in total. The summed E-state index contributed by atoms with van der Waals surface area (Å²) in [6.45, 7) is 6.15. The van der Waals surface area contributed by atoms with Crippen molar-refractivity contribution >= 4 is 0 Å². The molecule has 0 radical (unpaired) electrons. The lowest BCUT2D eigenvalue weighted by atomic mass is 10.1. The fraction of sp³-hybridized carbons (Fsp3) is 0.444. The Balaban J connectivity index is 1.50. The first-order chi connectivity index (χ1) is 10.8. The monoisotopic (exact) mass is 302 g/mol. The predicted molar refractivity (Wildman–Crippen MR) is 83.3 cm³/mol. The van der Waals surface area contributed by atoms with Crippen molar-refractivity contribution in [3.05, 3.63) is 60.7 Å². The van der Waals surface area contributed by atoms with E-state index in [1.807, 2.05) is 42.5 Å². The number of ether oxygens (including phenoxy) is 4. The van der Waals surface area contributed by atoms with Crippen LogP contribution in [0.2, 0.25) is 0 Å². The van der Waals surface area contributed by atoms with Crippen LogP contribution in [0, 0.1) is 0 Å². The molecule has 0 aromatic heterocycles. The van der Waals surface area contributed by atoms with Gasteiger partial charge in [-0.1, -0.05) is 48.6 Å². The molecule has 0 bridgehead atoms. The first kappa shape index (κ1) is 15.4. The summed E-state index contributed by atoms with van der Waals surface area (Å²) in [5, 5.41) is 0. The molecular formula is C18H22O4. The van der Waals surface area contributed by atoms with Crippen LogP contribution >= 0.6 is 0 Å². The van der Waals surface area contributed by atoms with Crippen LogP contribution in [0.4, 0.5) is 0 Å². The maximum absolute atomic E-state index is 5.90. The smallest absolute Gasteiger partial charge is 0.201 e. The summed E-state index contributed by atoms with van der Waals surface area (Å²) >= 11 is 0. The molecule has 2 aliphatic rings. The highest BCUT2D eigenvalue weighted by atomic mass is 16.8. The van der Waals surface area contributed by atoms with E-state index in [1.165, 1.54) is 5.56 Å². The number of rotatable bonds is 6. The quantitative estimate of drug-likeness (QED) is 0.598. The minimum absolute atomic E-state index is 0.0296. The Morgan fingerprint density at radius 3 is 2.73 bits per heavy atom. The minimum Gasteiger partial charge on any atom is -0.373 e. The van der Waals surface area contributed by atoms with E-state index in [9.17, 15) is 0 Å². The SMILES string of the molecule is C=C[C@@H]1CC2(OCCO2)[C@H](/C=C/COCc2ccccc2)O1. The van der Waals surface area contributed by atoms with Crippen LogP contribution in [0.25, 0.3) is 0 Å². The van der Waals surface area contributed by atoms with Crippen molar-refractivity contribution in [1.29, 1.82) is 0 Å². The number of benzene rings is 1. The lowest BCUT2D eigenvalue weighted by Gasteiger charge is -2.25. The average Bonchev–Trinajstić information content (AvgIpc) is 3.16. The van der Waals surface area contributed by atoms with Gasteiger partial charge in [-0.2, -0.15) is 0 Å². The van der Waals surface area contributed by atoms with E-state index in [-0.39, 0.29) is 12.2 Å². The maximum Gasteiger partial charge on any atom is 0.201 e. The lowest BCUT2D eigenvalue weighted by molar-refractivity contribution is -0.176. The van der Waals surface area contributed by atoms with Crippen LogP contribution in [-0.2, 0) is 25.6 Å². The molecule has 2 aliphatic heterocycles. The van der Waals surface area contributed by atoms with Gasteiger partial charge in [0.05, 0.1) is 32.5 Å². The van der Waals surface area contributed by atoms with Crippen molar-refractivity contribution in [1.82, 2.24) is 0 Å². The van der Waals surface area contributed by atoms with E-state index in [0.717, 1.165) is 0 Å². The molecule has 0 N–H and O–H groups in total. The van der Waals surface area contributed by atoms with Gasteiger partial charge in [0.25, 0.3) is 0 Å². The molecule has 22 heavy (non-hydrogen) atoms. The normalized spacial score (nSPS) is 26.9. The van der Waals surface area contributed by atoms with Gasteiger partial charge in [0.2, 0.25) is 5.79 Å². The molecular weight excluding hydrogens is 280 g/mol. The molecule has 3 rings (SSSR count). The van der Waals surface area contributed by atoms with Gasteiger partial charge in [-0.05, 0) is 5.56 Å². The second-order valence-electron chi connectivity index (χ2n) is 5.47. The number of hydrogen-bond acceptors (Lipinski definition) is 4. The number of hydrogen-bond donors (Lipinski definition) is 0. The van der Waals surface area contributed by atoms with E-state index in [1.54, 1.807) is 6.08 Å². The predicted octanol–water partition coefficient (Wildman–Crippen LogP) is 2.85. The van der Waals surface area contributed by atoms with Crippen LogP contribution in [0.15, 0.2) is 55.1 Å². The van der Waals surface area contributed by atoms with E-state index in [2.05, 4.69) is 6.58 Å². The molecule has 0 unspecified atom stereocenters. The van der Waals surface area contributed by atoms with E-state index < -0.39 is 5.79 Å². The summed E-state index contributed by atoms with van der Waals surface area (Å²) in [6.07, 6.45) is 6.19. The van der Waals surface area contributed by atoms with E-state index in [4.69, 9.17) is 18.9 Å². The fourth-order valence-electron chi connectivity index (χ4n) is 2.82. The van der Waals surface area contributed by atoms with Gasteiger partial charge in [0.15, 0.2) is 0 Å². The molecule has 0 amide bonds. The molecule has 2 fully saturated rings. The molecule has 1 aromatic rings. The highest BCUT2D eigenvalue weighted by Gasteiger charge is 2.51. The zero-order valence-corrected chi connectivity index (χ0v) is 12.6. The third-order valence-corrected chi connectivity index (χ3v) is 3.92. The minimum atomic E-state index is -0.644. The van der Waals surface area contributed by atoms with Crippen LogP contribution in [0.1, 0.15) is 12.0 Å². The van der Waals surface area contributed by atoms with Crippen molar-refractivity contribution in [2.45, 2.75) is 31.0 Å². The summed E-state index contributed by atoms with van der Waals surface area (Å²) in [5.41, 5.74) is 1.17.